The average Bonchev–Trinajstić information content (AvgIpc) is 3.59. The van der Waals surface area contributed by atoms with E-state index in [9.17, 15) is 48.3 Å². The first kappa shape index (κ1) is 78.9. The molecule has 0 saturated carbocycles. The number of unbranched alkanes of at least 4 members (excludes halogenated alkanes) is 4. The Bertz CT molecular complexity index is 2420. The highest BCUT2D eigenvalue weighted by atomic mass is 16.3. The number of guanidine groups is 3. The minimum Gasteiger partial charge on any atom is -0.508 e. The molecule has 0 aromatic heterocycles. The summed E-state index contributed by atoms with van der Waals surface area (Å²) in [5, 5.41) is 31.8. The lowest BCUT2D eigenvalue weighted by Gasteiger charge is -2.29. The fourth-order valence-corrected chi connectivity index (χ4v) is 9.03. The number of nitrogens with two attached hydrogens (primary N) is 12. The lowest BCUT2D eigenvalue weighted by atomic mass is 9.99. The van der Waals surface area contributed by atoms with Crippen molar-refractivity contribution in [1.82, 2.24) is 42.5 Å². The highest BCUT2D eigenvalue weighted by Crippen LogP contribution is 2.15. The maximum absolute atomic E-state index is 14.7. The fraction of sp³-hybridized carbons (Fsp3) is 0.679. The first-order valence-electron chi connectivity index (χ1n) is 30.5. The third kappa shape index (κ3) is 34.3. The largest absolute Gasteiger partial charge is 0.508 e. The van der Waals surface area contributed by atoms with Gasteiger partial charge in [-0.2, -0.15) is 0 Å². The molecule has 9 amide bonds. The van der Waals surface area contributed by atoms with Gasteiger partial charge in [-0.05, 0) is 165 Å². The van der Waals surface area contributed by atoms with Gasteiger partial charge >= 0.3 is 0 Å². The number of rotatable bonds is 48. The molecule has 0 heterocycles. The molecule has 1 aromatic rings. The number of hydrogen-bond donors (Lipinski definition) is 21. The number of aromatic hydroxyl groups is 1. The summed E-state index contributed by atoms with van der Waals surface area (Å²) in [5.41, 5.74) is 68.3. The fourth-order valence-electron chi connectivity index (χ4n) is 9.03. The predicted octanol–water partition coefficient (Wildman–Crippen LogP) is -6.04. The molecule has 0 fully saturated rings. The zero-order chi connectivity index (χ0) is 66.8. The molecule has 0 aliphatic rings. The number of carbonyl (C=O) groups excluding carboxylic acids is 9. The van der Waals surface area contributed by atoms with E-state index < -0.39 is 113 Å². The molecule has 0 unspecified atom stereocenters. The van der Waals surface area contributed by atoms with E-state index in [1.54, 1.807) is 13.8 Å². The van der Waals surface area contributed by atoms with Gasteiger partial charge in [0.1, 0.15) is 54.1 Å². The Morgan fingerprint density at radius 2 is 0.674 bits per heavy atom. The third-order valence-corrected chi connectivity index (χ3v) is 14.1. The summed E-state index contributed by atoms with van der Waals surface area (Å²) < 4.78 is 0. The number of amides is 9. The van der Waals surface area contributed by atoms with Crippen molar-refractivity contribution in [2.24, 2.45) is 89.7 Å². The highest BCUT2D eigenvalue weighted by Gasteiger charge is 2.36. The number of hydrogen-bond acceptors (Lipinski definition) is 18. The number of phenols is 1. The normalized spacial score (nSPS) is 14.1. The number of phenolic OH excluding ortho intramolecular Hbond substituents is 1. The Balaban J connectivity index is 3.72. The molecular weight excluding hydrogens is 1150 g/mol. The standard InChI is InChI=1S/C56H105N23O10/c1-33(2)44(53(89)77-42(20-13-31-71-56(67)68)49(85)75-41(19-12-30-70-55(65)66)47(83)72-37(45(62)81)15-3-7-25-57)79-51(87)40(18-6-10-28-60)76-52(88)43(32-34-21-23-35(80)24-22-34)78-50(86)39(17-5-9-27-59)74-48(84)38(16-4-8-26-58)73-46(82)36(61)14-11-29-69-54(63)64/h21-24,33,36-44,80H,3-20,25-32,57-61H2,1-2H3,(H2,62,81)(H,72,83)(H,73,82)(H,74,84)(H,75,85)(H,76,88)(H,77,89)(H,78,86)(H,79,87)(H4,63,64,69)(H4,65,66,70)(H4,67,68,71)/t36-,37-,38-,39-,40-,41-,42-,43-,44-/m0/s1. The van der Waals surface area contributed by atoms with Crippen LogP contribution in [0.15, 0.2) is 39.2 Å². The van der Waals surface area contributed by atoms with Crippen molar-refractivity contribution in [1.29, 1.82) is 0 Å². The summed E-state index contributed by atoms with van der Waals surface area (Å²) in [7, 11) is 0. The number of benzene rings is 1. The maximum atomic E-state index is 14.7. The summed E-state index contributed by atoms with van der Waals surface area (Å²) >= 11 is 0. The summed E-state index contributed by atoms with van der Waals surface area (Å²) in [6, 6.07) is -5.51. The van der Waals surface area contributed by atoms with Gasteiger partial charge in [0.15, 0.2) is 17.9 Å². The second-order valence-corrected chi connectivity index (χ2v) is 22.0. The van der Waals surface area contributed by atoms with Crippen molar-refractivity contribution < 1.29 is 48.3 Å². The molecule has 89 heavy (non-hydrogen) atoms. The van der Waals surface area contributed by atoms with E-state index in [0.717, 1.165) is 0 Å². The first-order chi connectivity index (χ1) is 42.3. The zero-order valence-corrected chi connectivity index (χ0v) is 51.9. The number of carbonyl (C=O) groups is 9. The van der Waals surface area contributed by atoms with Crippen LogP contribution in [-0.4, -0.2) is 176 Å². The molecule has 1 rings (SSSR count). The Morgan fingerprint density at radius 3 is 1.02 bits per heavy atom. The van der Waals surface area contributed by atoms with E-state index >= 15 is 0 Å². The molecule has 504 valence electrons. The average molecular weight is 1260 g/mol. The van der Waals surface area contributed by atoms with Crippen LogP contribution in [0, 0.1) is 5.92 Å². The molecule has 0 aliphatic heterocycles. The summed E-state index contributed by atoms with van der Waals surface area (Å²) in [4.78, 5) is 138. The summed E-state index contributed by atoms with van der Waals surface area (Å²) in [6.45, 7) is 4.75. The lowest BCUT2D eigenvalue weighted by Crippen LogP contribution is -2.61. The van der Waals surface area contributed by atoms with Crippen molar-refractivity contribution in [3.63, 3.8) is 0 Å². The molecule has 33 nitrogen and oxygen atoms in total. The Labute approximate surface area is 521 Å². The smallest absolute Gasteiger partial charge is 0.243 e. The van der Waals surface area contributed by atoms with Gasteiger partial charge in [0, 0.05) is 26.1 Å². The van der Waals surface area contributed by atoms with Crippen LogP contribution in [0.4, 0.5) is 0 Å². The highest BCUT2D eigenvalue weighted by molar-refractivity contribution is 5.98. The number of nitrogens with one attached hydrogen (secondary N) is 8. The van der Waals surface area contributed by atoms with Crippen LogP contribution in [-0.2, 0) is 49.6 Å². The van der Waals surface area contributed by atoms with E-state index in [-0.39, 0.29) is 121 Å². The van der Waals surface area contributed by atoms with Gasteiger partial charge in [0.25, 0.3) is 0 Å². The predicted molar refractivity (Wildman–Crippen MR) is 341 cm³/mol. The van der Waals surface area contributed by atoms with Gasteiger partial charge in [-0.1, -0.05) is 26.0 Å². The van der Waals surface area contributed by atoms with Crippen molar-refractivity contribution in [3.05, 3.63) is 29.8 Å². The Hall–Kier alpha value is -8.14. The molecule has 33 N–H and O–H groups in total. The zero-order valence-electron chi connectivity index (χ0n) is 51.9. The van der Waals surface area contributed by atoms with Crippen molar-refractivity contribution in [2.75, 3.05) is 45.8 Å². The van der Waals surface area contributed by atoms with Gasteiger partial charge in [0.05, 0.1) is 6.04 Å². The summed E-state index contributed by atoms with van der Waals surface area (Å²) in [6.07, 6.45) is 4.53. The van der Waals surface area contributed by atoms with Crippen LogP contribution >= 0.6 is 0 Å². The maximum Gasteiger partial charge on any atom is 0.243 e. The topological polar surface area (TPSA) is 619 Å². The number of primary amides is 1. The van der Waals surface area contributed by atoms with Crippen molar-refractivity contribution in [3.8, 4) is 5.75 Å². The van der Waals surface area contributed by atoms with Gasteiger partial charge in [-0.25, -0.2) is 0 Å². The van der Waals surface area contributed by atoms with Crippen LogP contribution in [0.5, 0.6) is 5.75 Å². The molecular formula is C56H105N23O10. The van der Waals surface area contributed by atoms with Crippen molar-refractivity contribution in [2.45, 2.75) is 190 Å². The minimum atomic E-state index is -1.43. The van der Waals surface area contributed by atoms with Gasteiger partial charge in [-0.15, -0.1) is 0 Å². The van der Waals surface area contributed by atoms with E-state index in [2.05, 4.69) is 57.5 Å². The number of nitrogens with zero attached hydrogens (tertiary/aromatic N) is 3. The van der Waals surface area contributed by atoms with Crippen LogP contribution in [0.2, 0.25) is 0 Å². The molecule has 9 atom stereocenters. The molecule has 33 heteroatoms. The second-order valence-electron chi connectivity index (χ2n) is 22.0. The molecule has 0 saturated heterocycles. The van der Waals surface area contributed by atoms with E-state index in [1.807, 2.05) is 0 Å². The quantitative estimate of drug-likeness (QED) is 0.0164. The molecule has 0 spiro atoms. The van der Waals surface area contributed by atoms with Gasteiger partial charge in [0.2, 0.25) is 53.2 Å². The van der Waals surface area contributed by atoms with Crippen LogP contribution in [0.3, 0.4) is 0 Å². The number of aliphatic imine (C=N–C) groups is 3. The van der Waals surface area contributed by atoms with Crippen molar-refractivity contribution >= 4 is 71.0 Å². The van der Waals surface area contributed by atoms with Gasteiger partial charge in [-0.3, -0.25) is 58.1 Å². The lowest BCUT2D eigenvalue weighted by molar-refractivity contribution is -0.136. The Morgan fingerprint density at radius 1 is 0.382 bits per heavy atom. The van der Waals surface area contributed by atoms with E-state index in [4.69, 9.17) is 68.8 Å². The molecule has 0 radical (unpaired) electrons. The molecule has 0 bridgehead atoms. The second kappa shape index (κ2) is 45.2. The van der Waals surface area contributed by atoms with E-state index in [1.165, 1.54) is 24.3 Å². The summed E-state index contributed by atoms with van der Waals surface area (Å²) in [5.74, 6) is -8.26. The van der Waals surface area contributed by atoms with Crippen LogP contribution < -0.4 is 111 Å². The molecule has 0 aliphatic carbocycles. The monoisotopic (exact) mass is 1260 g/mol. The van der Waals surface area contributed by atoms with E-state index in [0.29, 0.717) is 76.4 Å². The minimum absolute atomic E-state index is 0.00212. The Kier molecular flexibility index (Phi) is 40.0. The van der Waals surface area contributed by atoms with Gasteiger partial charge < -0.3 is 116 Å². The SMILES string of the molecule is CC(C)[C@H](NC(=O)[C@H](CCCCN)NC(=O)[C@H](Cc1ccc(O)cc1)NC(=O)[C@H](CCCCN)NC(=O)[C@H](CCCCN)NC(=O)[C@@H](N)CCCN=C(N)N)C(=O)N[C@@H](CCCN=C(N)N)C(=O)N[C@@H](CCCN=C(N)N)C(=O)N[C@@H](CCCCN)C(N)=O. The first-order valence-corrected chi connectivity index (χ1v) is 30.5. The van der Waals surface area contributed by atoms with Crippen LogP contribution in [0.1, 0.15) is 135 Å². The molecule has 1 aromatic carbocycles. The third-order valence-electron chi connectivity index (χ3n) is 14.1. The van der Waals surface area contributed by atoms with Crippen LogP contribution in [0.25, 0.3) is 0 Å².